The first-order valence-corrected chi connectivity index (χ1v) is 7.07. The minimum atomic E-state index is -0.190. The van der Waals surface area contributed by atoms with Gasteiger partial charge in [0.1, 0.15) is 5.82 Å². The summed E-state index contributed by atoms with van der Waals surface area (Å²) in [7, 11) is 0. The Morgan fingerprint density at radius 1 is 1.00 bits per heavy atom. The molecule has 0 aliphatic heterocycles. The van der Waals surface area contributed by atoms with Gasteiger partial charge in [0.05, 0.1) is 0 Å². The van der Waals surface area contributed by atoms with Crippen LogP contribution in [0.25, 0.3) is 0 Å². The first-order chi connectivity index (χ1) is 9.17. The van der Waals surface area contributed by atoms with Crippen molar-refractivity contribution in [3.63, 3.8) is 0 Å². The van der Waals surface area contributed by atoms with E-state index in [2.05, 4.69) is 31.2 Å². The van der Waals surface area contributed by atoms with E-state index in [0.29, 0.717) is 11.8 Å². The van der Waals surface area contributed by atoms with Crippen LogP contribution in [0.5, 0.6) is 0 Å². The third-order valence-electron chi connectivity index (χ3n) is 3.26. The Kier molecular flexibility index (Phi) is 4.98. The summed E-state index contributed by atoms with van der Waals surface area (Å²) in [5.74, 6) is 0.810. The maximum atomic E-state index is 12.9. The first-order valence-electron chi connectivity index (χ1n) is 6.53. The van der Waals surface area contributed by atoms with Crippen molar-refractivity contribution < 1.29 is 4.39 Å². The molecule has 0 saturated heterocycles. The van der Waals surface area contributed by atoms with Crippen LogP contribution >= 0.6 is 11.6 Å². The molecule has 1 atom stereocenters. The van der Waals surface area contributed by atoms with Gasteiger partial charge in [0.2, 0.25) is 0 Å². The van der Waals surface area contributed by atoms with Gasteiger partial charge in [0.15, 0.2) is 0 Å². The maximum absolute atomic E-state index is 12.9. The van der Waals surface area contributed by atoms with Gasteiger partial charge in [-0.3, -0.25) is 0 Å². The zero-order valence-electron chi connectivity index (χ0n) is 11.1. The van der Waals surface area contributed by atoms with Crippen molar-refractivity contribution >= 4 is 11.6 Å². The Hall–Kier alpha value is -1.34. The molecule has 0 bridgehead atoms. The van der Waals surface area contributed by atoms with Gasteiger partial charge in [-0.15, -0.1) is 11.6 Å². The molecule has 19 heavy (non-hydrogen) atoms. The fourth-order valence-corrected chi connectivity index (χ4v) is 2.53. The molecule has 0 aromatic heterocycles. The summed E-state index contributed by atoms with van der Waals surface area (Å²) in [6.07, 6.45) is 1.85. The van der Waals surface area contributed by atoms with Crippen LogP contribution in [0.2, 0.25) is 0 Å². The second-order valence-electron chi connectivity index (χ2n) is 5.04. The van der Waals surface area contributed by atoms with E-state index in [1.54, 1.807) is 0 Å². The molecule has 2 heteroatoms. The van der Waals surface area contributed by atoms with E-state index in [9.17, 15) is 4.39 Å². The van der Waals surface area contributed by atoms with Crippen LogP contribution in [0.1, 0.15) is 16.7 Å². The van der Waals surface area contributed by atoms with E-state index in [1.807, 2.05) is 12.1 Å². The Balaban J connectivity index is 2.02. The van der Waals surface area contributed by atoms with Crippen molar-refractivity contribution in [1.29, 1.82) is 0 Å². The number of hydrogen-bond donors (Lipinski definition) is 0. The Bertz CT molecular complexity index is 519. The van der Waals surface area contributed by atoms with Gasteiger partial charge in [0.25, 0.3) is 0 Å². The molecular formula is C17H18ClF. The SMILES string of the molecule is Cc1cccc(CC(CCl)Cc2ccc(F)cc2)c1. The van der Waals surface area contributed by atoms with Crippen LogP contribution in [-0.2, 0) is 12.8 Å². The number of aryl methyl sites for hydroxylation is 1. The van der Waals surface area contributed by atoms with Crippen LogP contribution in [0.15, 0.2) is 48.5 Å². The van der Waals surface area contributed by atoms with E-state index in [1.165, 1.54) is 23.3 Å². The molecule has 0 N–H and O–H groups in total. The number of rotatable bonds is 5. The lowest BCUT2D eigenvalue weighted by Gasteiger charge is -2.14. The fraction of sp³-hybridized carbons (Fsp3) is 0.294. The molecule has 0 radical (unpaired) electrons. The highest BCUT2D eigenvalue weighted by Gasteiger charge is 2.10. The molecule has 100 valence electrons. The van der Waals surface area contributed by atoms with Crippen LogP contribution in [0.4, 0.5) is 4.39 Å². The van der Waals surface area contributed by atoms with Crippen LogP contribution in [0, 0.1) is 18.7 Å². The smallest absolute Gasteiger partial charge is 0.123 e. The predicted octanol–water partition coefficient (Wildman–Crippen LogP) is 4.77. The summed E-state index contributed by atoms with van der Waals surface area (Å²) < 4.78 is 12.9. The van der Waals surface area contributed by atoms with Crippen LogP contribution in [-0.4, -0.2) is 5.88 Å². The monoisotopic (exact) mass is 276 g/mol. The largest absolute Gasteiger partial charge is 0.207 e. The summed E-state index contributed by atoms with van der Waals surface area (Å²) in [4.78, 5) is 0. The number of halogens is 2. The van der Waals surface area contributed by atoms with E-state index < -0.39 is 0 Å². The molecule has 1 unspecified atom stereocenters. The molecule has 0 nitrogen and oxygen atoms in total. The van der Waals surface area contributed by atoms with Gasteiger partial charge < -0.3 is 0 Å². The van der Waals surface area contributed by atoms with Gasteiger partial charge in [-0.1, -0.05) is 42.0 Å². The lowest BCUT2D eigenvalue weighted by molar-refractivity contribution is 0.581. The molecule has 0 amide bonds. The van der Waals surface area contributed by atoms with Crippen molar-refractivity contribution in [2.24, 2.45) is 5.92 Å². The van der Waals surface area contributed by atoms with E-state index in [0.717, 1.165) is 18.4 Å². The second-order valence-corrected chi connectivity index (χ2v) is 5.35. The third kappa shape index (κ3) is 4.36. The van der Waals surface area contributed by atoms with Crippen LogP contribution < -0.4 is 0 Å². The van der Waals surface area contributed by atoms with E-state index in [-0.39, 0.29) is 5.82 Å². The molecule has 0 aliphatic rings. The summed E-state index contributed by atoms with van der Waals surface area (Å²) in [6.45, 7) is 2.10. The normalized spacial score (nSPS) is 12.4. The van der Waals surface area contributed by atoms with Gasteiger partial charge in [-0.05, 0) is 48.9 Å². The Labute approximate surface area is 119 Å². The first kappa shape index (κ1) is 14.1. The lowest BCUT2D eigenvalue weighted by atomic mass is 9.93. The fourth-order valence-electron chi connectivity index (χ4n) is 2.31. The van der Waals surface area contributed by atoms with Gasteiger partial charge in [-0.25, -0.2) is 4.39 Å². The highest BCUT2D eigenvalue weighted by Crippen LogP contribution is 2.17. The van der Waals surface area contributed by atoms with Crippen molar-refractivity contribution in [2.45, 2.75) is 19.8 Å². The highest BCUT2D eigenvalue weighted by molar-refractivity contribution is 6.18. The third-order valence-corrected chi connectivity index (χ3v) is 3.70. The van der Waals surface area contributed by atoms with Gasteiger partial charge in [0, 0.05) is 5.88 Å². The number of hydrogen-bond acceptors (Lipinski definition) is 0. The lowest BCUT2D eigenvalue weighted by Crippen LogP contribution is -2.10. The Morgan fingerprint density at radius 3 is 2.32 bits per heavy atom. The standard InChI is InChI=1S/C17H18ClF/c1-13-3-2-4-15(9-13)11-16(12-18)10-14-5-7-17(19)8-6-14/h2-9,16H,10-12H2,1H3. The average Bonchev–Trinajstić information content (AvgIpc) is 2.40. The summed E-state index contributed by atoms with van der Waals surface area (Å²) in [5.41, 5.74) is 3.72. The molecule has 0 heterocycles. The topological polar surface area (TPSA) is 0 Å². The van der Waals surface area contributed by atoms with Crippen molar-refractivity contribution in [1.82, 2.24) is 0 Å². The second kappa shape index (κ2) is 6.72. The van der Waals surface area contributed by atoms with Gasteiger partial charge >= 0.3 is 0 Å². The van der Waals surface area contributed by atoms with Crippen molar-refractivity contribution in [3.8, 4) is 0 Å². The molecule has 0 aliphatic carbocycles. The van der Waals surface area contributed by atoms with E-state index >= 15 is 0 Å². The van der Waals surface area contributed by atoms with Crippen molar-refractivity contribution in [2.75, 3.05) is 5.88 Å². The average molecular weight is 277 g/mol. The zero-order chi connectivity index (χ0) is 13.7. The Morgan fingerprint density at radius 2 is 1.68 bits per heavy atom. The number of alkyl halides is 1. The maximum Gasteiger partial charge on any atom is 0.123 e. The van der Waals surface area contributed by atoms with Crippen molar-refractivity contribution in [3.05, 3.63) is 71.0 Å². The summed E-state index contributed by atoms with van der Waals surface area (Å²) >= 11 is 6.06. The minimum Gasteiger partial charge on any atom is -0.207 e. The molecule has 0 fully saturated rings. The highest BCUT2D eigenvalue weighted by atomic mass is 35.5. The molecular weight excluding hydrogens is 259 g/mol. The molecule has 2 rings (SSSR count). The van der Waals surface area contributed by atoms with E-state index in [4.69, 9.17) is 11.6 Å². The van der Waals surface area contributed by atoms with Gasteiger partial charge in [-0.2, -0.15) is 0 Å². The van der Waals surface area contributed by atoms with Crippen LogP contribution in [0.3, 0.4) is 0 Å². The minimum absolute atomic E-state index is 0.190. The zero-order valence-corrected chi connectivity index (χ0v) is 11.8. The summed E-state index contributed by atoms with van der Waals surface area (Å²) in [5, 5.41) is 0. The number of benzene rings is 2. The summed E-state index contributed by atoms with van der Waals surface area (Å²) in [6, 6.07) is 15.2. The molecule has 2 aromatic rings. The molecule has 2 aromatic carbocycles. The quantitative estimate of drug-likeness (QED) is 0.690. The predicted molar refractivity (Wildman–Crippen MR) is 79.2 cm³/mol. The molecule has 0 saturated carbocycles. The molecule has 0 spiro atoms.